The van der Waals surface area contributed by atoms with E-state index < -0.39 is 10.0 Å². The molecule has 1 saturated heterocycles. The molecular formula is C14H26N4O2S. The van der Waals surface area contributed by atoms with E-state index in [0.29, 0.717) is 35.3 Å². The van der Waals surface area contributed by atoms with Crippen molar-refractivity contribution >= 4 is 10.0 Å². The average Bonchev–Trinajstić information content (AvgIpc) is 2.79. The van der Waals surface area contributed by atoms with Gasteiger partial charge in [0.25, 0.3) is 0 Å². The molecule has 21 heavy (non-hydrogen) atoms. The van der Waals surface area contributed by atoms with Crippen LogP contribution in [-0.4, -0.2) is 49.1 Å². The van der Waals surface area contributed by atoms with Gasteiger partial charge in [-0.3, -0.25) is 5.10 Å². The van der Waals surface area contributed by atoms with E-state index in [-0.39, 0.29) is 0 Å². The van der Waals surface area contributed by atoms with Crippen LogP contribution in [0.2, 0.25) is 0 Å². The van der Waals surface area contributed by atoms with E-state index in [2.05, 4.69) is 22.4 Å². The van der Waals surface area contributed by atoms with Crippen LogP contribution in [0, 0.1) is 19.8 Å². The standard InChI is InChI=1S/C14H26N4O2S/c1-4-7-15-10-13-5-8-18(9-6-13)21(19,20)14-11(2)16-17-12(14)3/h13,15H,4-10H2,1-3H3,(H,16,17). The summed E-state index contributed by atoms with van der Waals surface area (Å²) in [4.78, 5) is 0.352. The highest BCUT2D eigenvalue weighted by atomic mass is 32.2. The molecular weight excluding hydrogens is 288 g/mol. The number of hydrogen-bond donors (Lipinski definition) is 2. The number of aryl methyl sites for hydroxylation is 2. The van der Waals surface area contributed by atoms with Crippen LogP contribution in [0.15, 0.2) is 4.90 Å². The van der Waals surface area contributed by atoms with Crippen molar-refractivity contribution in [1.82, 2.24) is 19.8 Å². The Balaban J connectivity index is 1.98. The molecule has 2 rings (SSSR count). The molecule has 0 radical (unpaired) electrons. The normalized spacial score (nSPS) is 18.2. The lowest BCUT2D eigenvalue weighted by molar-refractivity contribution is 0.267. The lowest BCUT2D eigenvalue weighted by Gasteiger charge is -2.31. The summed E-state index contributed by atoms with van der Waals surface area (Å²) in [7, 11) is -3.41. The van der Waals surface area contributed by atoms with Crippen molar-refractivity contribution in [2.45, 2.75) is 44.9 Å². The van der Waals surface area contributed by atoms with Gasteiger partial charge in [0, 0.05) is 13.1 Å². The Morgan fingerprint density at radius 3 is 2.52 bits per heavy atom. The maximum atomic E-state index is 12.7. The Morgan fingerprint density at radius 1 is 1.33 bits per heavy atom. The first-order valence-electron chi connectivity index (χ1n) is 7.69. The minimum Gasteiger partial charge on any atom is -0.316 e. The molecule has 1 aromatic heterocycles. The number of sulfonamides is 1. The lowest BCUT2D eigenvalue weighted by Crippen LogP contribution is -2.41. The number of piperidine rings is 1. The first-order valence-corrected chi connectivity index (χ1v) is 9.13. The lowest BCUT2D eigenvalue weighted by atomic mass is 9.98. The molecule has 2 heterocycles. The van der Waals surface area contributed by atoms with E-state index in [1.807, 2.05) is 0 Å². The third kappa shape index (κ3) is 3.64. The third-order valence-electron chi connectivity index (χ3n) is 4.09. The third-order valence-corrected chi connectivity index (χ3v) is 6.25. The molecule has 0 unspecified atom stereocenters. The maximum absolute atomic E-state index is 12.7. The molecule has 0 aromatic carbocycles. The molecule has 1 aliphatic heterocycles. The van der Waals surface area contributed by atoms with Crippen molar-refractivity contribution in [3.8, 4) is 0 Å². The quantitative estimate of drug-likeness (QED) is 0.779. The Bertz CT molecular complexity index is 540. The number of aromatic nitrogens is 2. The van der Waals surface area contributed by atoms with E-state index in [0.717, 1.165) is 32.4 Å². The van der Waals surface area contributed by atoms with E-state index in [1.54, 1.807) is 18.2 Å². The first kappa shape index (κ1) is 16.5. The smallest absolute Gasteiger partial charge is 0.246 e. The Labute approximate surface area is 127 Å². The fraction of sp³-hybridized carbons (Fsp3) is 0.786. The number of H-pyrrole nitrogens is 1. The van der Waals surface area contributed by atoms with Crippen LogP contribution in [-0.2, 0) is 10.0 Å². The van der Waals surface area contributed by atoms with Crippen LogP contribution in [0.4, 0.5) is 0 Å². The summed E-state index contributed by atoms with van der Waals surface area (Å²) in [6, 6.07) is 0. The highest BCUT2D eigenvalue weighted by molar-refractivity contribution is 7.89. The van der Waals surface area contributed by atoms with Gasteiger partial charge >= 0.3 is 0 Å². The van der Waals surface area contributed by atoms with Crippen LogP contribution in [0.25, 0.3) is 0 Å². The molecule has 2 N–H and O–H groups in total. The van der Waals surface area contributed by atoms with Crippen molar-refractivity contribution in [2.24, 2.45) is 5.92 Å². The second kappa shape index (κ2) is 6.89. The van der Waals surface area contributed by atoms with Gasteiger partial charge in [0.05, 0.1) is 11.4 Å². The fourth-order valence-corrected chi connectivity index (χ4v) is 4.69. The Morgan fingerprint density at radius 2 is 2.00 bits per heavy atom. The molecule has 1 fully saturated rings. The summed E-state index contributed by atoms with van der Waals surface area (Å²) in [6.07, 6.45) is 2.98. The topological polar surface area (TPSA) is 78.1 Å². The van der Waals surface area contributed by atoms with Crippen LogP contribution < -0.4 is 5.32 Å². The largest absolute Gasteiger partial charge is 0.316 e. The summed E-state index contributed by atoms with van der Waals surface area (Å²) >= 11 is 0. The van der Waals surface area contributed by atoms with Crippen molar-refractivity contribution in [3.05, 3.63) is 11.4 Å². The highest BCUT2D eigenvalue weighted by Crippen LogP contribution is 2.26. The van der Waals surface area contributed by atoms with Crippen LogP contribution in [0.1, 0.15) is 37.6 Å². The van der Waals surface area contributed by atoms with Gasteiger partial charge < -0.3 is 5.32 Å². The van der Waals surface area contributed by atoms with Crippen molar-refractivity contribution < 1.29 is 8.42 Å². The maximum Gasteiger partial charge on any atom is 0.246 e. The van der Waals surface area contributed by atoms with Gasteiger partial charge in [-0.2, -0.15) is 9.40 Å². The van der Waals surface area contributed by atoms with Crippen LogP contribution in [0.3, 0.4) is 0 Å². The van der Waals surface area contributed by atoms with Crippen LogP contribution in [0.5, 0.6) is 0 Å². The zero-order valence-electron chi connectivity index (χ0n) is 13.1. The summed E-state index contributed by atoms with van der Waals surface area (Å²) < 4.78 is 27.0. The molecule has 1 aliphatic rings. The zero-order chi connectivity index (χ0) is 15.5. The summed E-state index contributed by atoms with van der Waals surface area (Å²) in [5, 5.41) is 10.2. The number of rotatable bonds is 6. The minimum atomic E-state index is -3.41. The summed E-state index contributed by atoms with van der Waals surface area (Å²) in [6.45, 7) is 8.87. The molecule has 6 nitrogen and oxygen atoms in total. The first-order chi connectivity index (χ1) is 9.96. The predicted octanol–water partition coefficient (Wildman–Crippen LogP) is 1.43. The number of nitrogens with zero attached hydrogens (tertiary/aromatic N) is 2. The van der Waals surface area contributed by atoms with Crippen LogP contribution >= 0.6 is 0 Å². The van der Waals surface area contributed by atoms with Gasteiger partial charge in [-0.25, -0.2) is 8.42 Å². The van der Waals surface area contributed by atoms with Gasteiger partial charge in [-0.1, -0.05) is 6.92 Å². The van der Waals surface area contributed by atoms with Crippen molar-refractivity contribution in [1.29, 1.82) is 0 Å². The second-order valence-corrected chi connectivity index (χ2v) is 7.69. The van der Waals surface area contributed by atoms with Gasteiger partial charge in [0.15, 0.2) is 0 Å². The highest BCUT2D eigenvalue weighted by Gasteiger charge is 2.32. The summed E-state index contributed by atoms with van der Waals surface area (Å²) in [5.41, 5.74) is 1.18. The van der Waals surface area contributed by atoms with Crippen molar-refractivity contribution in [3.63, 3.8) is 0 Å². The van der Waals surface area contributed by atoms with E-state index in [9.17, 15) is 8.42 Å². The van der Waals surface area contributed by atoms with Gasteiger partial charge in [-0.05, 0) is 52.1 Å². The number of hydrogen-bond acceptors (Lipinski definition) is 4. The SMILES string of the molecule is CCCNCC1CCN(S(=O)(=O)c2c(C)n[nH]c2C)CC1. The summed E-state index contributed by atoms with van der Waals surface area (Å²) in [5.74, 6) is 0.578. The molecule has 1 aromatic rings. The minimum absolute atomic E-state index is 0.352. The molecule has 0 amide bonds. The second-order valence-electron chi connectivity index (χ2n) is 5.81. The predicted molar refractivity (Wildman–Crippen MR) is 82.7 cm³/mol. The number of nitrogens with one attached hydrogen (secondary N) is 2. The zero-order valence-corrected chi connectivity index (χ0v) is 14.0. The fourth-order valence-electron chi connectivity index (χ4n) is 2.89. The number of aromatic amines is 1. The molecule has 0 spiro atoms. The van der Waals surface area contributed by atoms with E-state index >= 15 is 0 Å². The molecule has 0 saturated carbocycles. The molecule has 0 atom stereocenters. The molecule has 0 bridgehead atoms. The molecule has 7 heteroatoms. The monoisotopic (exact) mass is 314 g/mol. The average molecular weight is 314 g/mol. The Kier molecular flexibility index (Phi) is 5.40. The molecule has 0 aliphatic carbocycles. The van der Waals surface area contributed by atoms with Gasteiger partial charge in [0.1, 0.15) is 4.90 Å². The van der Waals surface area contributed by atoms with E-state index in [1.165, 1.54) is 0 Å². The van der Waals surface area contributed by atoms with Gasteiger partial charge in [-0.15, -0.1) is 0 Å². The molecule has 120 valence electrons. The van der Waals surface area contributed by atoms with Gasteiger partial charge in [0.2, 0.25) is 10.0 Å². The van der Waals surface area contributed by atoms with Crippen molar-refractivity contribution in [2.75, 3.05) is 26.2 Å². The Hall–Kier alpha value is -0.920. The van der Waals surface area contributed by atoms with E-state index in [4.69, 9.17) is 0 Å².